The summed E-state index contributed by atoms with van der Waals surface area (Å²) < 4.78 is 5.59. The van der Waals surface area contributed by atoms with Crippen molar-refractivity contribution in [2.45, 2.75) is 32.8 Å². The Hall–Kier alpha value is -0.460. The molecule has 0 aromatic rings. The highest BCUT2D eigenvalue weighted by molar-refractivity contribution is 5.16. The van der Waals surface area contributed by atoms with E-state index in [0.717, 1.165) is 5.92 Å². The first kappa shape index (κ1) is 6.26. The Morgan fingerprint density at radius 2 is 2.40 bits per heavy atom. The highest BCUT2D eigenvalue weighted by Crippen LogP contribution is 2.43. The Bertz CT molecular complexity index is 170. The standard InChI is InChI=1S/C9H14O/c1-6(2)9-7-4-3-5-8(7)10-9/h5-7,9H,3-4H2,1-2H3. The van der Waals surface area contributed by atoms with Gasteiger partial charge in [0, 0.05) is 0 Å². The zero-order valence-corrected chi connectivity index (χ0v) is 6.63. The van der Waals surface area contributed by atoms with E-state index in [2.05, 4.69) is 19.9 Å². The van der Waals surface area contributed by atoms with Crippen LogP contribution in [0.1, 0.15) is 26.7 Å². The molecule has 2 unspecified atom stereocenters. The number of rotatable bonds is 1. The fourth-order valence-electron chi connectivity index (χ4n) is 1.93. The molecule has 0 N–H and O–H groups in total. The first-order valence-electron chi connectivity index (χ1n) is 4.16. The molecule has 0 bridgehead atoms. The molecule has 56 valence electrons. The van der Waals surface area contributed by atoms with Crippen molar-refractivity contribution in [3.05, 3.63) is 11.8 Å². The molecule has 1 aliphatic carbocycles. The van der Waals surface area contributed by atoms with Crippen LogP contribution in [-0.2, 0) is 4.74 Å². The molecule has 0 aromatic heterocycles. The molecule has 1 nitrogen and oxygen atoms in total. The molecule has 1 heterocycles. The third kappa shape index (κ3) is 0.695. The van der Waals surface area contributed by atoms with Gasteiger partial charge in [-0.3, -0.25) is 0 Å². The topological polar surface area (TPSA) is 9.23 Å². The zero-order valence-electron chi connectivity index (χ0n) is 6.63. The van der Waals surface area contributed by atoms with Crippen LogP contribution in [-0.4, -0.2) is 6.10 Å². The molecule has 1 saturated heterocycles. The molecule has 2 atom stereocenters. The Kier molecular flexibility index (Phi) is 1.26. The highest BCUT2D eigenvalue weighted by Gasteiger charge is 2.41. The van der Waals surface area contributed by atoms with E-state index < -0.39 is 0 Å². The zero-order chi connectivity index (χ0) is 7.14. The average Bonchev–Trinajstić information content (AvgIpc) is 2.11. The average molecular weight is 138 g/mol. The maximum absolute atomic E-state index is 5.59. The van der Waals surface area contributed by atoms with Gasteiger partial charge in [-0.15, -0.1) is 0 Å². The lowest BCUT2D eigenvalue weighted by Gasteiger charge is -2.39. The lowest BCUT2D eigenvalue weighted by atomic mass is 9.87. The van der Waals surface area contributed by atoms with E-state index in [-0.39, 0.29) is 0 Å². The van der Waals surface area contributed by atoms with Gasteiger partial charge < -0.3 is 4.74 Å². The van der Waals surface area contributed by atoms with Crippen LogP contribution in [0.5, 0.6) is 0 Å². The maximum Gasteiger partial charge on any atom is 0.110 e. The Labute approximate surface area is 62.1 Å². The van der Waals surface area contributed by atoms with E-state index in [9.17, 15) is 0 Å². The summed E-state index contributed by atoms with van der Waals surface area (Å²) in [7, 11) is 0. The summed E-state index contributed by atoms with van der Waals surface area (Å²) in [6.45, 7) is 4.47. The second-order valence-electron chi connectivity index (χ2n) is 3.62. The predicted molar refractivity (Wildman–Crippen MR) is 40.5 cm³/mol. The fraction of sp³-hybridized carbons (Fsp3) is 0.778. The normalized spacial score (nSPS) is 36.5. The lowest BCUT2D eigenvalue weighted by molar-refractivity contribution is -0.0657. The third-order valence-corrected chi connectivity index (χ3v) is 2.51. The Balaban J connectivity index is 2.02. The summed E-state index contributed by atoms with van der Waals surface area (Å²) in [5, 5.41) is 0. The van der Waals surface area contributed by atoms with Gasteiger partial charge in [0.15, 0.2) is 0 Å². The molecule has 1 aliphatic heterocycles. The van der Waals surface area contributed by atoms with E-state index >= 15 is 0 Å². The van der Waals surface area contributed by atoms with Gasteiger partial charge in [0.1, 0.15) is 6.10 Å². The quantitative estimate of drug-likeness (QED) is 0.540. The molecular formula is C9H14O. The van der Waals surface area contributed by atoms with Crippen LogP contribution < -0.4 is 0 Å². The molecule has 1 heteroatoms. The Morgan fingerprint density at radius 3 is 3.00 bits per heavy atom. The summed E-state index contributed by atoms with van der Waals surface area (Å²) in [4.78, 5) is 0. The summed E-state index contributed by atoms with van der Waals surface area (Å²) in [5.74, 6) is 2.76. The van der Waals surface area contributed by atoms with Gasteiger partial charge in [-0.05, 0) is 24.8 Å². The third-order valence-electron chi connectivity index (χ3n) is 2.51. The van der Waals surface area contributed by atoms with E-state index in [4.69, 9.17) is 4.74 Å². The monoisotopic (exact) mass is 138 g/mol. The molecule has 0 spiro atoms. The fourth-order valence-corrected chi connectivity index (χ4v) is 1.93. The number of fused-ring (bicyclic) bond motifs is 1. The second kappa shape index (κ2) is 2.01. The van der Waals surface area contributed by atoms with Crippen molar-refractivity contribution < 1.29 is 4.74 Å². The Morgan fingerprint density at radius 1 is 1.60 bits per heavy atom. The molecule has 10 heavy (non-hydrogen) atoms. The molecule has 0 aromatic carbocycles. The van der Waals surface area contributed by atoms with Crippen LogP contribution in [0.25, 0.3) is 0 Å². The van der Waals surface area contributed by atoms with Crippen molar-refractivity contribution in [3.8, 4) is 0 Å². The predicted octanol–water partition coefficient (Wildman–Crippen LogP) is 2.34. The highest BCUT2D eigenvalue weighted by atomic mass is 16.5. The van der Waals surface area contributed by atoms with Gasteiger partial charge in [-0.1, -0.05) is 13.8 Å². The van der Waals surface area contributed by atoms with Gasteiger partial charge in [0.25, 0.3) is 0 Å². The number of ether oxygens (including phenoxy) is 1. The summed E-state index contributed by atoms with van der Waals surface area (Å²) >= 11 is 0. The number of hydrogen-bond donors (Lipinski definition) is 0. The van der Waals surface area contributed by atoms with Crippen LogP contribution in [0.15, 0.2) is 11.8 Å². The molecule has 2 aliphatic rings. The minimum Gasteiger partial charge on any atom is -0.494 e. The number of hydrogen-bond acceptors (Lipinski definition) is 1. The van der Waals surface area contributed by atoms with Gasteiger partial charge in [0.2, 0.25) is 0 Å². The molecule has 0 radical (unpaired) electrons. The first-order valence-corrected chi connectivity index (χ1v) is 4.16. The SMILES string of the molecule is CC(C)C1OC2=CCCC21. The summed E-state index contributed by atoms with van der Waals surface area (Å²) in [6, 6.07) is 0. The van der Waals surface area contributed by atoms with Crippen molar-refractivity contribution in [2.75, 3.05) is 0 Å². The lowest BCUT2D eigenvalue weighted by Crippen LogP contribution is -2.39. The summed E-state index contributed by atoms with van der Waals surface area (Å²) in [5.41, 5.74) is 0. The van der Waals surface area contributed by atoms with Crippen molar-refractivity contribution in [1.82, 2.24) is 0 Å². The van der Waals surface area contributed by atoms with Crippen LogP contribution >= 0.6 is 0 Å². The van der Waals surface area contributed by atoms with Crippen molar-refractivity contribution in [1.29, 1.82) is 0 Å². The summed E-state index contributed by atoms with van der Waals surface area (Å²) in [6.07, 6.45) is 5.35. The van der Waals surface area contributed by atoms with E-state index in [1.54, 1.807) is 0 Å². The first-order chi connectivity index (χ1) is 4.79. The molecular weight excluding hydrogens is 124 g/mol. The van der Waals surface area contributed by atoms with Crippen LogP contribution in [0.3, 0.4) is 0 Å². The van der Waals surface area contributed by atoms with Gasteiger partial charge in [0.05, 0.1) is 11.7 Å². The molecule has 0 saturated carbocycles. The van der Waals surface area contributed by atoms with Gasteiger partial charge in [-0.2, -0.15) is 0 Å². The van der Waals surface area contributed by atoms with Gasteiger partial charge >= 0.3 is 0 Å². The van der Waals surface area contributed by atoms with Crippen molar-refractivity contribution in [2.24, 2.45) is 11.8 Å². The largest absolute Gasteiger partial charge is 0.494 e. The minimum absolute atomic E-state index is 0.536. The smallest absolute Gasteiger partial charge is 0.110 e. The number of allylic oxidation sites excluding steroid dienone is 1. The van der Waals surface area contributed by atoms with Crippen LogP contribution in [0.4, 0.5) is 0 Å². The van der Waals surface area contributed by atoms with Crippen LogP contribution in [0, 0.1) is 11.8 Å². The molecule has 0 amide bonds. The van der Waals surface area contributed by atoms with E-state index in [1.165, 1.54) is 18.6 Å². The van der Waals surface area contributed by atoms with Crippen molar-refractivity contribution >= 4 is 0 Å². The second-order valence-corrected chi connectivity index (χ2v) is 3.62. The molecule has 1 fully saturated rings. The maximum atomic E-state index is 5.59. The van der Waals surface area contributed by atoms with Crippen molar-refractivity contribution in [3.63, 3.8) is 0 Å². The van der Waals surface area contributed by atoms with E-state index in [0.29, 0.717) is 12.0 Å². The van der Waals surface area contributed by atoms with E-state index in [1.807, 2.05) is 0 Å². The van der Waals surface area contributed by atoms with Gasteiger partial charge in [-0.25, -0.2) is 0 Å². The minimum atomic E-state index is 0.536. The van der Waals surface area contributed by atoms with Crippen LogP contribution in [0.2, 0.25) is 0 Å². The molecule has 2 rings (SSSR count).